The molecule has 8 nitrogen and oxygen atoms in total. The van der Waals surface area contributed by atoms with Gasteiger partial charge in [-0.05, 0) is 26.0 Å². The number of aryl methyl sites for hydroxylation is 2. The number of nitrogens with zero attached hydrogens (tertiary/aromatic N) is 3. The smallest absolute Gasteiger partial charge is 0.484 e. The van der Waals surface area contributed by atoms with E-state index in [9.17, 15) is 18.0 Å². The van der Waals surface area contributed by atoms with Crippen LogP contribution in [-0.4, -0.2) is 64.0 Å². The van der Waals surface area contributed by atoms with Crippen LogP contribution in [0.2, 0.25) is 0 Å². The largest absolute Gasteiger partial charge is 0.490 e. The number of imidazole rings is 1. The number of ether oxygens (including phenoxy) is 2. The highest BCUT2D eigenvalue weighted by Crippen LogP contribution is 2.27. The Hall–Kier alpha value is -3.08. The standard InChI is InChI=1S/C19H25N3O3.C2HF3O2/c1-4-24-11-15-9-22(10-17-19(15)21(3)13-20-17)18(23)12-25-16-7-5-14(2)6-8-16;3-2(4,5)1(6)7/h5-8,13,15H,4,9-12H2,1-3H3;(H,6,7). The average Bonchev–Trinajstić information content (AvgIpc) is 3.12. The molecule has 0 fully saturated rings. The first kappa shape index (κ1) is 25.2. The van der Waals surface area contributed by atoms with Crippen LogP contribution in [0.5, 0.6) is 5.75 Å². The van der Waals surface area contributed by atoms with Crippen LogP contribution in [0.3, 0.4) is 0 Å². The summed E-state index contributed by atoms with van der Waals surface area (Å²) in [7, 11) is 1.99. The van der Waals surface area contributed by atoms with Crippen molar-refractivity contribution in [3.8, 4) is 5.75 Å². The van der Waals surface area contributed by atoms with E-state index in [0.717, 1.165) is 17.0 Å². The van der Waals surface area contributed by atoms with Crippen molar-refractivity contribution in [1.29, 1.82) is 0 Å². The first-order valence-electron chi connectivity index (χ1n) is 9.88. The van der Waals surface area contributed by atoms with Gasteiger partial charge in [-0.3, -0.25) is 4.79 Å². The zero-order chi connectivity index (χ0) is 23.9. The quantitative estimate of drug-likeness (QED) is 0.717. The van der Waals surface area contributed by atoms with Crippen LogP contribution in [0.4, 0.5) is 13.2 Å². The molecule has 1 aliphatic heterocycles. The van der Waals surface area contributed by atoms with Gasteiger partial charge < -0.3 is 24.0 Å². The van der Waals surface area contributed by atoms with Crippen LogP contribution < -0.4 is 4.74 Å². The molecular formula is C21H26F3N3O5. The van der Waals surface area contributed by atoms with Gasteiger partial charge in [0.15, 0.2) is 6.61 Å². The molecule has 1 atom stereocenters. The van der Waals surface area contributed by atoms with Crippen LogP contribution in [0.25, 0.3) is 0 Å². The minimum atomic E-state index is -5.08. The Morgan fingerprint density at radius 1 is 1.25 bits per heavy atom. The fourth-order valence-electron chi connectivity index (χ4n) is 3.18. The van der Waals surface area contributed by atoms with Crippen molar-refractivity contribution in [2.24, 2.45) is 7.05 Å². The predicted molar refractivity (Wildman–Crippen MR) is 108 cm³/mol. The minimum absolute atomic E-state index is 0.0293. The second-order valence-electron chi connectivity index (χ2n) is 7.22. The van der Waals surface area contributed by atoms with Gasteiger partial charge in [0.25, 0.3) is 5.91 Å². The van der Waals surface area contributed by atoms with E-state index < -0.39 is 12.1 Å². The summed E-state index contributed by atoms with van der Waals surface area (Å²) in [5.41, 5.74) is 3.27. The Labute approximate surface area is 183 Å². The third-order valence-corrected chi connectivity index (χ3v) is 4.73. The zero-order valence-corrected chi connectivity index (χ0v) is 18.1. The molecule has 3 rings (SSSR count). The van der Waals surface area contributed by atoms with Crippen LogP contribution in [0, 0.1) is 6.92 Å². The van der Waals surface area contributed by atoms with Gasteiger partial charge in [0.05, 0.1) is 25.2 Å². The molecule has 0 saturated heterocycles. The number of aromatic nitrogens is 2. The number of fused-ring (bicyclic) bond motifs is 1. The molecule has 1 amide bonds. The maximum Gasteiger partial charge on any atom is 0.490 e. The van der Waals surface area contributed by atoms with Crippen LogP contribution in [-0.2, 0) is 27.9 Å². The lowest BCUT2D eigenvalue weighted by molar-refractivity contribution is -0.192. The third-order valence-electron chi connectivity index (χ3n) is 4.73. The number of halogens is 3. The summed E-state index contributed by atoms with van der Waals surface area (Å²) in [5.74, 6) is -1.94. The van der Waals surface area contributed by atoms with E-state index in [0.29, 0.717) is 32.1 Å². The van der Waals surface area contributed by atoms with E-state index >= 15 is 0 Å². The van der Waals surface area contributed by atoms with E-state index in [-0.39, 0.29) is 18.4 Å². The molecule has 2 aromatic rings. The highest BCUT2D eigenvalue weighted by atomic mass is 19.4. The van der Waals surface area contributed by atoms with Crippen LogP contribution in [0.1, 0.15) is 29.8 Å². The number of hydrogen-bond acceptors (Lipinski definition) is 5. The van der Waals surface area contributed by atoms with Gasteiger partial charge in [0.1, 0.15) is 5.75 Å². The lowest BCUT2D eigenvalue weighted by Gasteiger charge is -2.32. The number of alkyl halides is 3. The van der Waals surface area contributed by atoms with E-state index in [1.165, 1.54) is 0 Å². The Balaban J connectivity index is 0.000000451. The van der Waals surface area contributed by atoms with Gasteiger partial charge in [0.2, 0.25) is 0 Å². The predicted octanol–water partition coefficient (Wildman–Crippen LogP) is 2.90. The fourth-order valence-corrected chi connectivity index (χ4v) is 3.18. The summed E-state index contributed by atoms with van der Waals surface area (Å²) in [5, 5.41) is 7.12. The Kier molecular flexibility index (Phi) is 8.64. The lowest BCUT2D eigenvalue weighted by Crippen LogP contribution is -2.42. The van der Waals surface area contributed by atoms with Gasteiger partial charge in [-0.2, -0.15) is 13.2 Å². The monoisotopic (exact) mass is 457 g/mol. The SMILES string of the molecule is CCOCC1CN(C(=O)COc2ccc(C)cc2)Cc2ncn(C)c21.O=C(O)C(F)(F)F. The number of benzene rings is 1. The summed E-state index contributed by atoms with van der Waals surface area (Å²) in [6.07, 6.45) is -3.28. The molecule has 0 spiro atoms. The van der Waals surface area contributed by atoms with Gasteiger partial charge >= 0.3 is 12.1 Å². The molecule has 1 unspecified atom stereocenters. The molecular weight excluding hydrogens is 431 g/mol. The van der Waals surface area contributed by atoms with Crippen molar-refractivity contribution in [2.75, 3.05) is 26.4 Å². The molecule has 11 heteroatoms. The van der Waals surface area contributed by atoms with Crippen LogP contribution >= 0.6 is 0 Å². The van der Waals surface area contributed by atoms with Crippen molar-refractivity contribution >= 4 is 11.9 Å². The van der Waals surface area contributed by atoms with Gasteiger partial charge in [-0.1, -0.05) is 17.7 Å². The molecule has 0 bridgehead atoms. The first-order chi connectivity index (χ1) is 15.0. The molecule has 176 valence electrons. The number of aliphatic carboxylic acids is 1. The highest BCUT2D eigenvalue weighted by molar-refractivity contribution is 5.78. The van der Waals surface area contributed by atoms with E-state index in [4.69, 9.17) is 19.4 Å². The number of rotatable bonds is 6. The number of carbonyl (C=O) groups excluding carboxylic acids is 1. The highest BCUT2D eigenvalue weighted by Gasteiger charge is 2.38. The molecule has 2 heterocycles. The van der Waals surface area contributed by atoms with Crippen LogP contribution in [0.15, 0.2) is 30.6 Å². The molecule has 0 radical (unpaired) electrons. The minimum Gasteiger partial charge on any atom is -0.484 e. The van der Waals surface area contributed by atoms with Crippen molar-refractivity contribution in [3.05, 3.63) is 47.5 Å². The maximum atomic E-state index is 12.6. The molecule has 1 aromatic heterocycles. The van der Waals surface area contributed by atoms with Crippen molar-refractivity contribution < 1.29 is 37.3 Å². The summed E-state index contributed by atoms with van der Waals surface area (Å²) in [6.45, 7) is 6.43. The number of hydrogen-bond donors (Lipinski definition) is 1. The number of carboxylic acids is 1. The summed E-state index contributed by atoms with van der Waals surface area (Å²) in [4.78, 5) is 27.8. The van der Waals surface area contributed by atoms with Crippen molar-refractivity contribution in [1.82, 2.24) is 14.5 Å². The zero-order valence-electron chi connectivity index (χ0n) is 18.1. The van der Waals surface area contributed by atoms with Crippen molar-refractivity contribution in [3.63, 3.8) is 0 Å². The Morgan fingerprint density at radius 3 is 2.44 bits per heavy atom. The van der Waals surface area contributed by atoms with E-state index in [1.807, 2.05) is 54.6 Å². The molecule has 32 heavy (non-hydrogen) atoms. The fraction of sp³-hybridized carbons (Fsp3) is 0.476. The van der Waals surface area contributed by atoms with Gasteiger partial charge in [-0.15, -0.1) is 0 Å². The second-order valence-corrected chi connectivity index (χ2v) is 7.22. The van der Waals surface area contributed by atoms with Gasteiger partial charge in [0, 0.05) is 31.8 Å². The number of carbonyl (C=O) groups is 2. The number of amides is 1. The second kappa shape index (κ2) is 11.0. The molecule has 0 aliphatic carbocycles. The Bertz CT molecular complexity index is 912. The summed E-state index contributed by atoms with van der Waals surface area (Å²) >= 11 is 0. The van der Waals surface area contributed by atoms with E-state index in [2.05, 4.69) is 4.98 Å². The topological polar surface area (TPSA) is 93.9 Å². The summed E-state index contributed by atoms with van der Waals surface area (Å²) < 4.78 is 45.0. The lowest BCUT2D eigenvalue weighted by atomic mass is 9.99. The van der Waals surface area contributed by atoms with Gasteiger partial charge in [-0.25, -0.2) is 9.78 Å². The maximum absolute atomic E-state index is 12.6. The molecule has 1 aromatic carbocycles. The molecule has 0 saturated carbocycles. The average molecular weight is 457 g/mol. The third kappa shape index (κ3) is 6.98. The molecule has 1 N–H and O–H groups in total. The number of carboxylic acid groups (broad SMARTS) is 1. The van der Waals surface area contributed by atoms with Crippen molar-refractivity contribution in [2.45, 2.75) is 32.5 Å². The Morgan fingerprint density at radius 2 is 1.88 bits per heavy atom. The normalized spacial score (nSPS) is 15.4. The first-order valence-corrected chi connectivity index (χ1v) is 9.88. The van der Waals surface area contributed by atoms with E-state index in [1.54, 1.807) is 6.33 Å². The molecule has 1 aliphatic rings. The summed E-state index contributed by atoms with van der Waals surface area (Å²) in [6, 6.07) is 7.71.